The van der Waals surface area contributed by atoms with Gasteiger partial charge in [-0.25, -0.2) is 0 Å². The van der Waals surface area contributed by atoms with E-state index in [1.54, 1.807) is 0 Å². The van der Waals surface area contributed by atoms with E-state index in [0.29, 0.717) is 24.4 Å². The Hall–Kier alpha value is -2.46. The molecule has 2 aliphatic carbocycles. The molecule has 1 aliphatic heterocycles. The van der Waals surface area contributed by atoms with Crippen molar-refractivity contribution in [3.8, 4) is 0 Å². The monoisotopic (exact) mass is 361 g/mol. The van der Waals surface area contributed by atoms with E-state index >= 15 is 0 Å². The number of hydrogen-bond donors (Lipinski definition) is 1. The van der Waals surface area contributed by atoms with E-state index in [1.807, 2.05) is 36.4 Å². The smallest absolute Gasteiger partial charge is 0.233 e. The van der Waals surface area contributed by atoms with Crippen molar-refractivity contribution in [2.75, 3.05) is 0 Å². The van der Waals surface area contributed by atoms with Crippen LogP contribution in [-0.2, 0) is 22.7 Å². The summed E-state index contributed by atoms with van der Waals surface area (Å²) in [7, 11) is 0. The van der Waals surface area contributed by atoms with Crippen molar-refractivity contribution >= 4 is 11.8 Å². The minimum absolute atomic E-state index is 0.0687. The first-order valence-electron chi connectivity index (χ1n) is 10.0. The third-order valence-corrected chi connectivity index (χ3v) is 6.89. The van der Waals surface area contributed by atoms with E-state index in [4.69, 9.17) is 0 Å². The van der Waals surface area contributed by atoms with Gasteiger partial charge in [-0.1, -0.05) is 60.7 Å². The second-order valence-corrected chi connectivity index (χ2v) is 8.21. The number of carbonyl (C=O) groups is 2. The number of rotatable bonds is 5. The molecule has 4 heteroatoms. The number of carbonyl (C=O) groups excluding carboxylic acids is 2. The summed E-state index contributed by atoms with van der Waals surface area (Å²) in [5.41, 5.74) is 2.33. The zero-order chi connectivity index (χ0) is 18.4. The van der Waals surface area contributed by atoms with Crippen LogP contribution in [0.15, 0.2) is 60.7 Å². The topological polar surface area (TPSA) is 54.0 Å². The highest BCUT2D eigenvalue weighted by atomic mass is 16.2. The van der Waals surface area contributed by atoms with Gasteiger partial charge < -0.3 is 5.32 Å². The molecule has 5 atom stereocenters. The Balaban J connectivity index is 1.32. The molecule has 1 heterocycles. The number of benzene rings is 2. The molecule has 3 fully saturated rings. The van der Waals surface area contributed by atoms with Crippen LogP contribution in [0.2, 0.25) is 0 Å². The molecule has 0 spiro atoms. The highest BCUT2D eigenvalue weighted by Gasteiger charge is 2.66. The van der Waals surface area contributed by atoms with Gasteiger partial charge in [0.25, 0.3) is 0 Å². The highest BCUT2D eigenvalue weighted by Crippen LogP contribution is 2.55. The van der Waals surface area contributed by atoms with Crippen molar-refractivity contribution in [1.29, 1.82) is 0 Å². The summed E-state index contributed by atoms with van der Waals surface area (Å²) >= 11 is 0. The van der Waals surface area contributed by atoms with Crippen molar-refractivity contribution in [3.63, 3.8) is 0 Å². The first kappa shape index (κ1) is 16.7. The van der Waals surface area contributed by atoms with E-state index in [-0.39, 0.29) is 23.7 Å². The molecule has 1 saturated heterocycles. The fraction of sp³-hybridized carbons (Fsp3) is 0.391. The molecular weight excluding hydrogens is 336 g/mol. The van der Waals surface area contributed by atoms with Crippen LogP contribution in [-0.4, -0.2) is 22.8 Å². The molecule has 4 nitrogen and oxygen atoms in total. The van der Waals surface area contributed by atoms with Crippen LogP contribution in [0.4, 0.5) is 0 Å². The van der Waals surface area contributed by atoms with Gasteiger partial charge in [-0.15, -0.1) is 0 Å². The maximum absolute atomic E-state index is 13.1. The Morgan fingerprint density at radius 3 is 1.85 bits per heavy atom. The van der Waals surface area contributed by atoms with E-state index < -0.39 is 0 Å². The lowest BCUT2D eigenvalue weighted by atomic mass is 9.81. The van der Waals surface area contributed by atoms with Crippen molar-refractivity contribution in [1.82, 2.24) is 4.90 Å². The predicted octanol–water partition coefficient (Wildman–Crippen LogP) is 1.96. The Labute approximate surface area is 159 Å². The summed E-state index contributed by atoms with van der Waals surface area (Å²) in [6.45, 7) is 1.34. The number of nitrogens with two attached hydrogens (primary N) is 1. The first-order chi connectivity index (χ1) is 13.2. The Kier molecular flexibility index (Phi) is 4.09. The number of quaternary nitrogens is 1. The zero-order valence-electron chi connectivity index (χ0n) is 15.3. The van der Waals surface area contributed by atoms with E-state index in [0.717, 1.165) is 24.9 Å². The average Bonchev–Trinajstić information content (AvgIpc) is 3.33. The Morgan fingerprint density at radius 2 is 1.30 bits per heavy atom. The number of amides is 2. The molecule has 5 rings (SSSR count). The van der Waals surface area contributed by atoms with Crippen LogP contribution in [0.5, 0.6) is 0 Å². The molecule has 0 radical (unpaired) electrons. The summed E-state index contributed by atoms with van der Waals surface area (Å²) in [6, 6.07) is 20.7. The Bertz CT molecular complexity index is 821. The van der Waals surface area contributed by atoms with Gasteiger partial charge in [-0.2, -0.15) is 0 Å². The van der Waals surface area contributed by atoms with E-state index in [9.17, 15) is 9.59 Å². The average molecular weight is 361 g/mol. The second-order valence-electron chi connectivity index (χ2n) is 8.21. The summed E-state index contributed by atoms with van der Waals surface area (Å²) in [5.74, 6) is 0.661. The van der Waals surface area contributed by atoms with E-state index in [1.165, 1.54) is 10.5 Å². The van der Waals surface area contributed by atoms with Crippen molar-refractivity contribution < 1.29 is 14.9 Å². The molecule has 27 heavy (non-hydrogen) atoms. The van der Waals surface area contributed by atoms with Crippen molar-refractivity contribution in [3.05, 3.63) is 71.8 Å². The van der Waals surface area contributed by atoms with Crippen LogP contribution in [0.25, 0.3) is 0 Å². The van der Waals surface area contributed by atoms with Gasteiger partial charge in [0, 0.05) is 17.4 Å². The third kappa shape index (κ3) is 2.71. The standard InChI is InChI=1S/C23H24N2O2/c26-22-19-17-11-12-18(21(17)24-13-15-7-3-1-4-8-15)20(19)23(27)25(22)14-16-9-5-2-6-10-16/h1-10,17-21,24H,11-14H2/p+1/t17-,18+,19-,20-,21?/m1/s1. The summed E-state index contributed by atoms with van der Waals surface area (Å²) in [4.78, 5) is 27.7. The quantitative estimate of drug-likeness (QED) is 0.828. The fourth-order valence-electron chi connectivity index (χ4n) is 5.76. The van der Waals surface area contributed by atoms with Crippen molar-refractivity contribution in [2.45, 2.75) is 32.0 Å². The normalized spacial score (nSPS) is 31.6. The minimum atomic E-state index is -0.0861. The van der Waals surface area contributed by atoms with Gasteiger partial charge in [-0.3, -0.25) is 14.5 Å². The summed E-state index contributed by atoms with van der Waals surface area (Å²) in [6.07, 6.45) is 2.17. The first-order valence-corrected chi connectivity index (χ1v) is 10.0. The maximum atomic E-state index is 13.1. The molecule has 2 bridgehead atoms. The lowest BCUT2D eigenvalue weighted by Crippen LogP contribution is -2.90. The van der Waals surface area contributed by atoms with Crippen molar-refractivity contribution in [2.24, 2.45) is 23.7 Å². The van der Waals surface area contributed by atoms with Gasteiger partial charge in [0.15, 0.2) is 0 Å². The number of imide groups is 1. The molecular formula is C23H25N2O2+. The van der Waals surface area contributed by atoms with Crippen LogP contribution in [0, 0.1) is 23.7 Å². The number of nitrogens with zero attached hydrogens (tertiary/aromatic N) is 1. The van der Waals surface area contributed by atoms with Gasteiger partial charge >= 0.3 is 0 Å². The predicted molar refractivity (Wildman–Crippen MR) is 101 cm³/mol. The third-order valence-electron chi connectivity index (χ3n) is 6.89. The number of likely N-dealkylation sites (tertiary alicyclic amines) is 1. The molecule has 2 saturated carbocycles. The Morgan fingerprint density at radius 1 is 0.778 bits per heavy atom. The van der Waals surface area contributed by atoms with E-state index in [2.05, 4.69) is 29.6 Å². The van der Waals surface area contributed by atoms with Gasteiger partial charge in [0.05, 0.1) is 24.4 Å². The molecule has 2 aromatic carbocycles. The minimum Gasteiger partial charge on any atom is -0.340 e. The molecule has 0 aromatic heterocycles. The van der Waals surface area contributed by atoms with Crippen LogP contribution < -0.4 is 5.32 Å². The number of hydrogen-bond acceptors (Lipinski definition) is 2. The number of fused-ring (bicyclic) bond motifs is 5. The molecule has 138 valence electrons. The van der Waals surface area contributed by atoms with Crippen LogP contribution >= 0.6 is 0 Å². The van der Waals surface area contributed by atoms with Gasteiger partial charge in [0.2, 0.25) is 11.8 Å². The molecule has 2 aromatic rings. The van der Waals surface area contributed by atoms with Crippen LogP contribution in [0.3, 0.4) is 0 Å². The lowest BCUT2D eigenvalue weighted by Gasteiger charge is -2.21. The molecule has 3 aliphatic rings. The van der Waals surface area contributed by atoms with Gasteiger partial charge in [0.1, 0.15) is 6.54 Å². The fourth-order valence-corrected chi connectivity index (χ4v) is 5.76. The summed E-state index contributed by atoms with van der Waals surface area (Å²) in [5, 5.41) is 2.39. The van der Waals surface area contributed by atoms with Gasteiger partial charge in [-0.05, 0) is 18.4 Å². The SMILES string of the molecule is O=C1[C@H]2[C@H](C(=O)N1Cc1ccccc1)[C@H]1CC[C@@H]2C1[NH2+]Cc1ccccc1. The maximum Gasteiger partial charge on any atom is 0.233 e. The lowest BCUT2D eigenvalue weighted by molar-refractivity contribution is -0.711. The highest BCUT2D eigenvalue weighted by molar-refractivity contribution is 6.06. The largest absolute Gasteiger partial charge is 0.340 e. The summed E-state index contributed by atoms with van der Waals surface area (Å²) < 4.78 is 0. The second kappa shape index (κ2) is 6.61. The van der Waals surface area contributed by atoms with Crippen LogP contribution in [0.1, 0.15) is 24.0 Å². The zero-order valence-corrected chi connectivity index (χ0v) is 15.3. The molecule has 2 amide bonds. The molecule has 1 unspecified atom stereocenters. The molecule has 2 N–H and O–H groups in total.